The number of hydrogen-bond donors (Lipinski definition) is 1. The van der Waals surface area contributed by atoms with Crippen molar-refractivity contribution in [1.29, 1.82) is 5.26 Å². The highest BCUT2D eigenvalue weighted by Gasteiger charge is 1.92. The van der Waals surface area contributed by atoms with E-state index >= 15 is 0 Å². The Hall–Kier alpha value is -2.42. The van der Waals surface area contributed by atoms with Gasteiger partial charge in [0.2, 0.25) is 0 Å². The van der Waals surface area contributed by atoms with Gasteiger partial charge in [0.05, 0.1) is 11.6 Å². The van der Waals surface area contributed by atoms with E-state index in [9.17, 15) is 8.76 Å². The quantitative estimate of drug-likeness (QED) is 0.692. The van der Waals surface area contributed by atoms with E-state index in [4.69, 9.17) is 5.26 Å². The molecule has 0 aliphatic heterocycles. The van der Waals surface area contributed by atoms with Crippen LogP contribution in [0.5, 0.6) is 0 Å². The summed E-state index contributed by atoms with van der Waals surface area (Å²) in [5, 5.41) is 8.71. The predicted octanol–water partition coefficient (Wildman–Crippen LogP) is 2.93. The Morgan fingerprint density at radius 1 is 1.00 bits per heavy atom. The molecule has 2 rings (SSSR count). The molecule has 0 fully saturated rings. The van der Waals surface area contributed by atoms with Gasteiger partial charge in [-0.25, -0.2) is 0 Å². The highest BCUT2D eigenvalue weighted by atomic mass is 32.2. The minimum absolute atomic E-state index is 0.522. The summed E-state index contributed by atoms with van der Waals surface area (Å²) in [7, 11) is 0. The second kappa shape index (κ2) is 6.66. The lowest BCUT2D eigenvalue weighted by Crippen LogP contribution is -2.01. The normalized spacial score (nSPS) is 12.0. The van der Waals surface area contributed by atoms with Gasteiger partial charge in [-0.05, 0) is 35.4 Å². The van der Waals surface area contributed by atoms with Crippen molar-refractivity contribution in [3.8, 4) is 6.07 Å². The fourth-order valence-corrected chi connectivity index (χ4v) is 1.95. The molecule has 2 aromatic carbocycles. The Morgan fingerprint density at radius 3 is 1.95 bits per heavy atom. The largest absolute Gasteiger partial charge is 0.755 e. The molecule has 5 heteroatoms. The summed E-state index contributed by atoms with van der Waals surface area (Å²) in [5.41, 5.74) is 3.10. The third-order valence-corrected chi connectivity index (χ3v) is 3.02. The minimum atomic E-state index is -2.30. The van der Waals surface area contributed by atoms with Crippen LogP contribution in [0, 0.1) is 11.3 Å². The molecule has 0 aliphatic rings. The van der Waals surface area contributed by atoms with E-state index in [1.54, 1.807) is 24.3 Å². The highest BCUT2D eigenvalue weighted by Crippen LogP contribution is 2.13. The Balaban J connectivity index is 2.07. The van der Waals surface area contributed by atoms with Gasteiger partial charge in [0, 0.05) is 17.0 Å². The minimum Gasteiger partial charge on any atom is -0.755 e. The van der Waals surface area contributed by atoms with E-state index in [0.717, 1.165) is 11.1 Å². The Kier molecular flexibility index (Phi) is 4.66. The van der Waals surface area contributed by atoms with Crippen LogP contribution < -0.4 is 4.72 Å². The van der Waals surface area contributed by atoms with Crippen molar-refractivity contribution in [3.63, 3.8) is 0 Å². The first-order valence-electron chi connectivity index (χ1n) is 5.81. The van der Waals surface area contributed by atoms with Gasteiger partial charge in [-0.3, -0.25) is 4.21 Å². The fraction of sp³-hybridized carbons (Fsp3) is 0. The average molecular weight is 283 g/mol. The summed E-state index contributed by atoms with van der Waals surface area (Å²) in [6.45, 7) is 0. The topological polar surface area (TPSA) is 76.0 Å². The maximum atomic E-state index is 10.5. The van der Waals surface area contributed by atoms with Crippen LogP contribution in [0.4, 0.5) is 5.69 Å². The standard InChI is InChI=1S/C15H12N2O2S/c16-11-14-5-3-12(4-6-14)1-2-13-7-9-15(10-8-13)17-20(18)19/h1-10,17H,(H,18,19)/p-1. The van der Waals surface area contributed by atoms with E-state index in [1.165, 1.54) is 0 Å². The van der Waals surface area contributed by atoms with Gasteiger partial charge in [-0.2, -0.15) is 5.26 Å². The smallest absolute Gasteiger partial charge is 0.0991 e. The second-order valence-electron chi connectivity index (χ2n) is 4.03. The molecule has 0 saturated heterocycles. The molecule has 1 atom stereocenters. The van der Waals surface area contributed by atoms with Crippen LogP contribution in [0.25, 0.3) is 12.2 Å². The molecule has 0 heterocycles. The van der Waals surface area contributed by atoms with E-state index in [2.05, 4.69) is 10.8 Å². The number of benzene rings is 2. The van der Waals surface area contributed by atoms with E-state index in [1.807, 2.05) is 36.4 Å². The lowest BCUT2D eigenvalue weighted by Gasteiger charge is -2.08. The maximum absolute atomic E-state index is 10.5. The molecule has 0 aromatic heterocycles. The van der Waals surface area contributed by atoms with Gasteiger partial charge in [0.15, 0.2) is 0 Å². The summed E-state index contributed by atoms with van der Waals surface area (Å²) in [6, 6.07) is 16.3. The van der Waals surface area contributed by atoms with E-state index < -0.39 is 11.3 Å². The zero-order chi connectivity index (χ0) is 14.4. The first kappa shape index (κ1) is 14.0. The molecule has 0 amide bonds. The van der Waals surface area contributed by atoms with Crippen molar-refractivity contribution in [2.75, 3.05) is 4.72 Å². The molecular weight excluding hydrogens is 272 g/mol. The van der Waals surface area contributed by atoms with Gasteiger partial charge in [-0.15, -0.1) is 0 Å². The summed E-state index contributed by atoms with van der Waals surface area (Å²) >= 11 is -2.30. The maximum Gasteiger partial charge on any atom is 0.0991 e. The van der Waals surface area contributed by atoms with Gasteiger partial charge in [-0.1, -0.05) is 36.4 Å². The van der Waals surface area contributed by atoms with Crippen molar-refractivity contribution in [3.05, 3.63) is 65.2 Å². The number of anilines is 1. The molecule has 0 spiro atoms. The SMILES string of the molecule is N#Cc1ccc(C=Cc2ccc(NS(=O)[O-])cc2)cc1. The van der Waals surface area contributed by atoms with E-state index in [-0.39, 0.29) is 0 Å². The molecule has 0 radical (unpaired) electrons. The molecule has 0 aliphatic carbocycles. The predicted molar refractivity (Wildman–Crippen MR) is 79.1 cm³/mol. The zero-order valence-electron chi connectivity index (χ0n) is 10.4. The molecule has 100 valence electrons. The van der Waals surface area contributed by atoms with Crippen molar-refractivity contribution in [2.45, 2.75) is 0 Å². The number of nitriles is 1. The molecular formula is C15H11N2O2S-. The Labute approximate surface area is 119 Å². The molecule has 0 bridgehead atoms. The average Bonchev–Trinajstić information content (AvgIpc) is 2.46. The molecule has 2 aromatic rings. The molecule has 20 heavy (non-hydrogen) atoms. The van der Waals surface area contributed by atoms with Gasteiger partial charge in [0.1, 0.15) is 0 Å². The Bertz CT molecular complexity index is 671. The third-order valence-electron chi connectivity index (χ3n) is 2.62. The fourth-order valence-electron chi connectivity index (χ4n) is 1.62. The number of rotatable bonds is 4. The lowest BCUT2D eigenvalue weighted by molar-refractivity contribution is 0.542. The summed E-state index contributed by atoms with van der Waals surface area (Å²) in [6.07, 6.45) is 3.84. The number of nitrogens with one attached hydrogen (secondary N) is 1. The van der Waals surface area contributed by atoms with Crippen molar-refractivity contribution >= 4 is 29.1 Å². The van der Waals surface area contributed by atoms with Gasteiger partial charge < -0.3 is 9.27 Å². The summed E-state index contributed by atoms with van der Waals surface area (Å²) < 4.78 is 23.2. The lowest BCUT2D eigenvalue weighted by atomic mass is 10.1. The number of hydrogen-bond acceptors (Lipinski definition) is 3. The highest BCUT2D eigenvalue weighted by molar-refractivity contribution is 7.80. The van der Waals surface area contributed by atoms with Crippen LogP contribution in [0.3, 0.4) is 0 Å². The van der Waals surface area contributed by atoms with Crippen LogP contribution >= 0.6 is 0 Å². The summed E-state index contributed by atoms with van der Waals surface area (Å²) in [4.78, 5) is 0. The van der Waals surface area contributed by atoms with Crippen molar-refractivity contribution in [2.24, 2.45) is 0 Å². The van der Waals surface area contributed by atoms with Crippen LogP contribution in [0.15, 0.2) is 48.5 Å². The molecule has 4 nitrogen and oxygen atoms in total. The summed E-state index contributed by atoms with van der Waals surface area (Å²) in [5.74, 6) is 0. The van der Waals surface area contributed by atoms with Crippen LogP contribution in [-0.4, -0.2) is 8.76 Å². The Morgan fingerprint density at radius 2 is 1.50 bits per heavy atom. The molecule has 1 unspecified atom stereocenters. The molecule has 0 saturated carbocycles. The molecule has 1 N–H and O–H groups in total. The van der Waals surface area contributed by atoms with Gasteiger partial charge in [0.25, 0.3) is 0 Å². The second-order valence-corrected chi connectivity index (χ2v) is 4.70. The third kappa shape index (κ3) is 4.05. The van der Waals surface area contributed by atoms with Crippen LogP contribution in [0.2, 0.25) is 0 Å². The van der Waals surface area contributed by atoms with Gasteiger partial charge >= 0.3 is 0 Å². The first-order valence-corrected chi connectivity index (χ1v) is 6.89. The zero-order valence-corrected chi connectivity index (χ0v) is 11.3. The van der Waals surface area contributed by atoms with E-state index in [0.29, 0.717) is 11.3 Å². The van der Waals surface area contributed by atoms with Crippen molar-refractivity contribution in [1.82, 2.24) is 0 Å². The van der Waals surface area contributed by atoms with Crippen molar-refractivity contribution < 1.29 is 8.76 Å². The monoisotopic (exact) mass is 283 g/mol. The van der Waals surface area contributed by atoms with Crippen LogP contribution in [0.1, 0.15) is 16.7 Å². The van der Waals surface area contributed by atoms with Crippen LogP contribution in [-0.2, 0) is 11.3 Å². The first-order chi connectivity index (χ1) is 9.67. The number of nitrogens with zero attached hydrogens (tertiary/aromatic N) is 1.